The summed E-state index contributed by atoms with van der Waals surface area (Å²) in [5, 5.41) is 7.53. The van der Waals surface area contributed by atoms with Gasteiger partial charge in [0.05, 0.1) is 0 Å². The van der Waals surface area contributed by atoms with E-state index in [0.717, 1.165) is 6.42 Å². The van der Waals surface area contributed by atoms with E-state index in [9.17, 15) is 0 Å². The summed E-state index contributed by atoms with van der Waals surface area (Å²) >= 11 is 0. The van der Waals surface area contributed by atoms with Crippen molar-refractivity contribution in [2.75, 3.05) is 11.9 Å². The zero-order valence-electron chi connectivity index (χ0n) is 30.7. The third kappa shape index (κ3) is 6.04. The minimum atomic E-state index is 0.964. The van der Waals surface area contributed by atoms with Crippen LogP contribution in [-0.4, -0.2) is 7.05 Å². The number of hydrogen-bond acceptors (Lipinski definition) is 1. The molecule has 258 valence electrons. The second kappa shape index (κ2) is 14.4. The molecule has 0 unspecified atom stereocenters. The lowest BCUT2D eigenvalue weighted by Gasteiger charge is -2.24. The van der Waals surface area contributed by atoms with E-state index in [-0.39, 0.29) is 0 Å². The van der Waals surface area contributed by atoms with Crippen LogP contribution >= 0.6 is 0 Å². The van der Waals surface area contributed by atoms with Gasteiger partial charge in [-0.15, -0.1) is 0 Å². The van der Waals surface area contributed by atoms with Gasteiger partial charge < -0.3 is 4.90 Å². The highest BCUT2D eigenvalue weighted by molar-refractivity contribution is 6.24. The topological polar surface area (TPSA) is 3.24 Å². The second-order valence-electron chi connectivity index (χ2n) is 14.0. The Morgan fingerprint density at radius 2 is 0.944 bits per heavy atom. The van der Waals surface area contributed by atoms with Crippen molar-refractivity contribution in [3.05, 3.63) is 205 Å². The van der Waals surface area contributed by atoms with Gasteiger partial charge in [0.1, 0.15) is 0 Å². The van der Waals surface area contributed by atoms with E-state index in [4.69, 9.17) is 0 Å². The van der Waals surface area contributed by atoms with Gasteiger partial charge in [0.2, 0.25) is 0 Å². The summed E-state index contributed by atoms with van der Waals surface area (Å²) < 4.78 is 0. The quantitative estimate of drug-likeness (QED) is 0.113. The van der Waals surface area contributed by atoms with Gasteiger partial charge in [-0.05, 0) is 107 Å². The summed E-state index contributed by atoms with van der Waals surface area (Å²) in [7, 11) is 2.18. The van der Waals surface area contributed by atoms with Crippen LogP contribution in [-0.2, 0) is 6.42 Å². The molecule has 0 bridgehead atoms. The third-order valence-corrected chi connectivity index (χ3v) is 10.9. The maximum absolute atomic E-state index is 2.39. The predicted molar refractivity (Wildman–Crippen MR) is 235 cm³/mol. The summed E-state index contributed by atoms with van der Waals surface area (Å²) in [5.74, 6) is 0. The molecule has 0 atom stereocenters. The minimum absolute atomic E-state index is 0.964. The van der Waals surface area contributed by atoms with Crippen LogP contribution in [0.1, 0.15) is 23.6 Å². The molecule has 54 heavy (non-hydrogen) atoms. The Labute approximate surface area is 318 Å². The molecule has 1 nitrogen and oxygen atoms in total. The number of rotatable bonds is 8. The maximum Gasteiger partial charge on any atom is 0.0446 e. The Bertz CT molecular complexity index is 2740. The zero-order valence-corrected chi connectivity index (χ0v) is 30.7. The highest BCUT2D eigenvalue weighted by Gasteiger charge is 2.20. The Balaban J connectivity index is 1.18. The molecular weight excluding hydrogens is 651 g/mol. The fourth-order valence-corrected chi connectivity index (χ4v) is 8.14. The number of benzene rings is 9. The summed E-state index contributed by atoms with van der Waals surface area (Å²) in [6.45, 7) is 2.24. The average Bonchev–Trinajstić information content (AvgIpc) is 3.25. The average molecular weight is 692 g/mol. The molecule has 0 spiro atoms. The number of anilines is 2. The van der Waals surface area contributed by atoms with Gasteiger partial charge in [-0.25, -0.2) is 0 Å². The predicted octanol–water partition coefficient (Wildman–Crippen LogP) is 14.6. The molecule has 9 aromatic carbocycles. The second-order valence-corrected chi connectivity index (χ2v) is 14.0. The van der Waals surface area contributed by atoms with Crippen molar-refractivity contribution in [1.82, 2.24) is 0 Å². The Hall–Kier alpha value is -6.70. The highest BCUT2D eigenvalue weighted by Crippen LogP contribution is 2.46. The molecule has 0 aromatic heterocycles. The van der Waals surface area contributed by atoms with Crippen LogP contribution in [0.2, 0.25) is 0 Å². The molecule has 1 heteroatoms. The van der Waals surface area contributed by atoms with Crippen molar-refractivity contribution in [2.24, 2.45) is 0 Å². The molecule has 0 heterocycles. The number of hydrogen-bond donors (Lipinski definition) is 0. The highest BCUT2D eigenvalue weighted by atomic mass is 15.1. The zero-order chi connectivity index (χ0) is 36.4. The van der Waals surface area contributed by atoms with Crippen molar-refractivity contribution in [3.8, 4) is 33.4 Å². The lowest BCUT2D eigenvalue weighted by Crippen LogP contribution is -2.11. The van der Waals surface area contributed by atoms with E-state index in [0.29, 0.717) is 0 Å². The van der Waals surface area contributed by atoms with Crippen molar-refractivity contribution < 1.29 is 0 Å². The van der Waals surface area contributed by atoms with Crippen LogP contribution in [0.15, 0.2) is 188 Å². The number of fused-ring (bicyclic) bond motifs is 3. The van der Waals surface area contributed by atoms with E-state index >= 15 is 0 Å². The van der Waals surface area contributed by atoms with Gasteiger partial charge in [0.15, 0.2) is 0 Å². The Morgan fingerprint density at radius 1 is 0.426 bits per heavy atom. The van der Waals surface area contributed by atoms with Crippen molar-refractivity contribution in [3.63, 3.8) is 0 Å². The van der Waals surface area contributed by atoms with Gasteiger partial charge in [-0.2, -0.15) is 0 Å². The first-order chi connectivity index (χ1) is 26.7. The first-order valence-corrected chi connectivity index (χ1v) is 18.9. The molecule has 0 N–H and O–H groups in total. The normalized spacial score (nSPS) is 11.5. The molecule has 0 saturated carbocycles. The van der Waals surface area contributed by atoms with Gasteiger partial charge in [-0.1, -0.05) is 189 Å². The molecule has 0 aliphatic rings. The van der Waals surface area contributed by atoms with Crippen molar-refractivity contribution >= 4 is 55.8 Å². The summed E-state index contributed by atoms with van der Waals surface area (Å²) in [6.07, 6.45) is 5.45. The number of aryl methyl sites for hydroxylation is 1. The first-order valence-electron chi connectivity index (χ1n) is 18.9. The van der Waals surface area contributed by atoms with Crippen LogP contribution in [0.3, 0.4) is 0 Å². The van der Waals surface area contributed by atoms with Crippen LogP contribution < -0.4 is 4.90 Å². The fraction of sp³-hybridized carbons (Fsp3) is 0.0566. The molecule has 0 aliphatic heterocycles. The van der Waals surface area contributed by atoms with Gasteiger partial charge in [0, 0.05) is 18.4 Å². The SMILES string of the molecule is CCc1ccc(-c2c3ccccc3c(-c3ccc(C=Cc4ccc(-c5ccccc5)cc4)c4ccccc34)c3ccccc23)cc1N(C)c1ccccc1. The molecule has 0 aliphatic carbocycles. The van der Waals surface area contributed by atoms with E-state index in [2.05, 4.69) is 219 Å². The van der Waals surface area contributed by atoms with Crippen molar-refractivity contribution in [1.29, 1.82) is 0 Å². The van der Waals surface area contributed by atoms with Crippen LogP contribution in [0.25, 0.3) is 77.9 Å². The number of nitrogens with zero attached hydrogens (tertiary/aromatic N) is 1. The molecule has 9 rings (SSSR count). The van der Waals surface area contributed by atoms with Gasteiger partial charge >= 0.3 is 0 Å². The lowest BCUT2D eigenvalue weighted by molar-refractivity contribution is 1.09. The van der Waals surface area contributed by atoms with Gasteiger partial charge in [0.25, 0.3) is 0 Å². The first kappa shape index (κ1) is 33.2. The standard InChI is InChI=1S/C53H41N/c1-3-38-32-33-42(36-51(38)54(2)43-18-8-5-9-19-43)52-46-22-12-14-24-48(46)53(49-25-15-13-23-47(49)52)50-35-34-41(44-20-10-11-21-45(44)50)31-28-37-26-29-40(30-27-37)39-16-6-4-7-17-39/h4-36H,3H2,1-2H3. The summed E-state index contributed by atoms with van der Waals surface area (Å²) in [5.41, 5.74) is 13.6. The fourth-order valence-electron chi connectivity index (χ4n) is 8.14. The minimum Gasteiger partial charge on any atom is -0.344 e. The largest absolute Gasteiger partial charge is 0.344 e. The van der Waals surface area contributed by atoms with Gasteiger partial charge in [-0.3, -0.25) is 0 Å². The van der Waals surface area contributed by atoms with Crippen molar-refractivity contribution in [2.45, 2.75) is 13.3 Å². The molecule has 0 fully saturated rings. The van der Waals surface area contributed by atoms with Crippen LogP contribution in [0, 0.1) is 0 Å². The smallest absolute Gasteiger partial charge is 0.0446 e. The van der Waals surface area contributed by atoms with Crippen LogP contribution in [0.4, 0.5) is 11.4 Å². The van der Waals surface area contributed by atoms with E-state index in [1.54, 1.807) is 0 Å². The molecular formula is C53H41N. The molecule has 0 saturated heterocycles. The van der Waals surface area contributed by atoms with E-state index in [1.165, 1.54) is 93.8 Å². The molecule has 0 amide bonds. The van der Waals surface area contributed by atoms with E-state index in [1.807, 2.05) is 0 Å². The lowest BCUT2D eigenvalue weighted by atomic mass is 9.84. The Morgan fingerprint density at radius 3 is 1.57 bits per heavy atom. The Kier molecular flexibility index (Phi) is 8.83. The van der Waals surface area contributed by atoms with Crippen LogP contribution in [0.5, 0.6) is 0 Å². The summed E-state index contributed by atoms with van der Waals surface area (Å²) in [4.78, 5) is 2.32. The monoisotopic (exact) mass is 691 g/mol. The molecule has 0 radical (unpaired) electrons. The third-order valence-electron chi connectivity index (χ3n) is 10.9. The molecule has 9 aromatic rings. The summed E-state index contributed by atoms with van der Waals surface area (Å²) in [6, 6.07) is 68.5. The van der Waals surface area contributed by atoms with E-state index < -0.39 is 0 Å². The maximum atomic E-state index is 2.39. The number of para-hydroxylation sites is 1.